The number of thiophene rings is 1. The minimum absolute atomic E-state index is 0.193. The number of likely N-dealkylation sites (N-methyl/N-ethyl adjacent to an activating group) is 1. The summed E-state index contributed by atoms with van der Waals surface area (Å²) in [6.45, 7) is 2.13. The quantitative estimate of drug-likeness (QED) is 0.599. The maximum Gasteiger partial charge on any atom is 0.254 e. The normalized spacial score (nSPS) is 12.8. The van der Waals surface area contributed by atoms with E-state index in [4.69, 9.17) is 21.2 Å². The van der Waals surface area contributed by atoms with E-state index in [1.165, 1.54) is 18.4 Å². The minimum atomic E-state index is -0.644. The molecule has 128 valence electrons. The molecule has 1 heterocycles. The van der Waals surface area contributed by atoms with Crippen molar-refractivity contribution >= 4 is 34.6 Å². The standard InChI is InChI=1S/C17H19ClN2O3S/c1-11(12-4-6-14(18)7-5-12)20-23-10-13-8-9-24-16(13)15(22-3)17(21)19-2/h4-9,15H,10H2,1-3H3,(H,19,21)/b20-11+. The lowest BCUT2D eigenvalue weighted by atomic mass is 10.1. The van der Waals surface area contributed by atoms with Gasteiger partial charge in [0, 0.05) is 29.6 Å². The van der Waals surface area contributed by atoms with Gasteiger partial charge in [0.05, 0.1) is 5.71 Å². The Bertz CT molecular complexity index is 713. The van der Waals surface area contributed by atoms with E-state index in [0.717, 1.165) is 21.7 Å². The number of nitrogens with zero attached hydrogens (tertiary/aromatic N) is 1. The first kappa shape index (κ1) is 18.4. The average molecular weight is 367 g/mol. The second kappa shape index (κ2) is 8.82. The molecule has 2 rings (SSSR count). The van der Waals surface area contributed by atoms with E-state index in [2.05, 4.69) is 10.5 Å². The summed E-state index contributed by atoms with van der Waals surface area (Å²) >= 11 is 7.33. The van der Waals surface area contributed by atoms with Crippen molar-refractivity contribution in [2.45, 2.75) is 19.6 Å². The number of oxime groups is 1. The van der Waals surface area contributed by atoms with Gasteiger partial charge in [0.2, 0.25) is 0 Å². The molecule has 0 aliphatic rings. The molecule has 7 heteroatoms. The minimum Gasteiger partial charge on any atom is -0.391 e. The van der Waals surface area contributed by atoms with Crippen LogP contribution in [0.1, 0.15) is 29.0 Å². The SMILES string of the molecule is CNC(=O)C(OC)c1sccc1CO/N=C(\C)c1ccc(Cl)cc1. The van der Waals surface area contributed by atoms with Crippen LogP contribution in [0.25, 0.3) is 0 Å². The Morgan fingerprint density at radius 3 is 2.67 bits per heavy atom. The zero-order chi connectivity index (χ0) is 17.5. The number of carbonyl (C=O) groups is 1. The predicted octanol–water partition coefficient (Wildman–Crippen LogP) is 3.78. The monoisotopic (exact) mass is 366 g/mol. The molecule has 0 saturated heterocycles. The Labute approximate surface area is 150 Å². The Morgan fingerprint density at radius 2 is 2.04 bits per heavy atom. The van der Waals surface area contributed by atoms with Crippen LogP contribution in [-0.4, -0.2) is 25.8 Å². The molecule has 0 bridgehead atoms. The molecule has 1 amide bonds. The molecule has 1 aromatic heterocycles. The Morgan fingerprint density at radius 1 is 1.33 bits per heavy atom. The average Bonchev–Trinajstić information content (AvgIpc) is 3.04. The zero-order valence-electron chi connectivity index (χ0n) is 13.7. The summed E-state index contributed by atoms with van der Waals surface area (Å²) in [4.78, 5) is 18.1. The van der Waals surface area contributed by atoms with Gasteiger partial charge < -0.3 is 14.9 Å². The van der Waals surface area contributed by atoms with E-state index in [9.17, 15) is 4.79 Å². The van der Waals surface area contributed by atoms with Crippen molar-refractivity contribution in [3.05, 3.63) is 56.7 Å². The first-order valence-electron chi connectivity index (χ1n) is 7.30. The van der Waals surface area contributed by atoms with Gasteiger partial charge in [0.1, 0.15) is 6.61 Å². The summed E-state index contributed by atoms with van der Waals surface area (Å²) in [7, 11) is 3.09. The van der Waals surface area contributed by atoms with Crippen molar-refractivity contribution in [1.29, 1.82) is 0 Å². The molecule has 5 nitrogen and oxygen atoms in total. The van der Waals surface area contributed by atoms with Crippen LogP contribution in [-0.2, 0) is 21.0 Å². The van der Waals surface area contributed by atoms with Crippen LogP contribution in [0.2, 0.25) is 5.02 Å². The molecule has 24 heavy (non-hydrogen) atoms. The number of halogens is 1. The largest absolute Gasteiger partial charge is 0.391 e. The third kappa shape index (κ3) is 4.56. The number of methoxy groups -OCH3 is 1. The van der Waals surface area contributed by atoms with Crippen molar-refractivity contribution in [2.75, 3.05) is 14.2 Å². The maximum absolute atomic E-state index is 11.9. The lowest BCUT2D eigenvalue weighted by Crippen LogP contribution is -2.26. The van der Waals surface area contributed by atoms with Gasteiger partial charge in [-0.15, -0.1) is 11.3 Å². The van der Waals surface area contributed by atoms with E-state index >= 15 is 0 Å². The van der Waals surface area contributed by atoms with Crippen molar-refractivity contribution in [2.24, 2.45) is 5.16 Å². The predicted molar refractivity (Wildman–Crippen MR) is 96.6 cm³/mol. The third-order valence-corrected chi connectivity index (χ3v) is 4.68. The molecule has 0 saturated carbocycles. The molecule has 1 N–H and O–H groups in total. The second-order valence-electron chi connectivity index (χ2n) is 5.00. The Hall–Kier alpha value is -1.89. The molecule has 0 fully saturated rings. The number of nitrogens with one attached hydrogen (secondary N) is 1. The molecule has 1 aromatic carbocycles. The van der Waals surface area contributed by atoms with Crippen LogP contribution in [0.4, 0.5) is 0 Å². The Balaban J connectivity index is 2.05. The van der Waals surface area contributed by atoms with Crippen LogP contribution in [0, 0.1) is 0 Å². The summed E-state index contributed by atoms with van der Waals surface area (Å²) in [5, 5.41) is 9.30. The van der Waals surface area contributed by atoms with Gasteiger partial charge in [-0.3, -0.25) is 4.79 Å². The molecular weight excluding hydrogens is 348 g/mol. The Kier molecular flexibility index (Phi) is 6.78. The number of carbonyl (C=O) groups excluding carboxylic acids is 1. The van der Waals surface area contributed by atoms with E-state index < -0.39 is 6.10 Å². The molecule has 0 aliphatic heterocycles. The summed E-state index contributed by atoms with van der Waals surface area (Å²) in [6.07, 6.45) is -0.644. The highest BCUT2D eigenvalue weighted by molar-refractivity contribution is 7.10. The maximum atomic E-state index is 11.9. The lowest BCUT2D eigenvalue weighted by molar-refractivity contribution is -0.130. The van der Waals surface area contributed by atoms with Gasteiger partial charge in [-0.1, -0.05) is 28.9 Å². The fourth-order valence-corrected chi connectivity index (χ4v) is 3.21. The lowest BCUT2D eigenvalue weighted by Gasteiger charge is -2.14. The third-order valence-electron chi connectivity index (χ3n) is 3.42. The fourth-order valence-electron chi connectivity index (χ4n) is 2.10. The van der Waals surface area contributed by atoms with Crippen LogP contribution >= 0.6 is 22.9 Å². The van der Waals surface area contributed by atoms with Gasteiger partial charge in [-0.25, -0.2) is 0 Å². The molecular formula is C17H19ClN2O3S. The van der Waals surface area contributed by atoms with Crippen molar-refractivity contribution in [3.63, 3.8) is 0 Å². The van der Waals surface area contributed by atoms with Gasteiger partial charge in [0.25, 0.3) is 5.91 Å². The number of ether oxygens (including phenoxy) is 1. The van der Waals surface area contributed by atoms with Gasteiger partial charge in [0.15, 0.2) is 6.10 Å². The first-order valence-corrected chi connectivity index (χ1v) is 8.55. The summed E-state index contributed by atoms with van der Waals surface area (Å²) in [5.74, 6) is -0.193. The van der Waals surface area contributed by atoms with Crippen LogP contribution in [0.5, 0.6) is 0 Å². The fraction of sp³-hybridized carbons (Fsp3) is 0.294. The number of hydrogen-bond donors (Lipinski definition) is 1. The number of amides is 1. The highest BCUT2D eigenvalue weighted by Gasteiger charge is 2.23. The van der Waals surface area contributed by atoms with E-state index in [1.807, 2.05) is 30.5 Å². The highest BCUT2D eigenvalue weighted by atomic mass is 35.5. The summed E-state index contributed by atoms with van der Waals surface area (Å²) in [5.41, 5.74) is 2.56. The van der Waals surface area contributed by atoms with Crippen molar-refractivity contribution < 1.29 is 14.4 Å². The van der Waals surface area contributed by atoms with Crippen molar-refractivity contribution in [3.8, 4) is 0 Å². The van der Waals surface area contributed by atoms with Crippen LogP contribution < -0.4 is 5.32 Å². The van der Waals surface area contributed by atoms with Gasteiger partial charge in [-0.2, -0.15) is 0 Å². The summed E-state index contributed by atoms with van der Waals surface area (Å²) < 4.78 is 5.29. The molecule has 1 unspecified atom stereocenters. The van der Waals surface area contributed by atoms with E-state index in [1.54, 1.807) is 19.2 Å². The van der Waals surface area contributed by atoms with Crippen LogP contribution in [0.15, 0.2) is 40.9 Å². The first-order chi connectivity index (χ1) is 11.6. The van der Waals surface area contributed by atoms with E-state index in [-0.39, 0.29) is 12.5 Å². The summed E-state index contributed by atoms with van der Waals surface area (Å²) in [6, 6.07) is 9.28. The molecule has 0 radical (unpaired) electrons. The molecule has 0 aliphatic carbocycles. The number of hydrogen-bond acceptors (Lipinski definition) is 5. The highest BCUT2D eigenvalue weighted by Crippen LogP contribution is 2.27. The molecule has 2 aromatic rings. The number of rotatable bonds is 7. The smallest absolute Gasteiger partial charge is 0.254 e. The van der Waals surface area contributed by atoms with Gasteiger partial charge >= 0.3 is 0 Å². The van der Waals surface area contributed by atoms with E-state index in [0.29, 0.717) is 5.02 Å². The number of benzene rings is 1. The second-order valence-corrected chi connectivity index (χ2v) is 6.38. The zero-order valence-corrected chi connectivity index (χ0v) is 15.3. The molecule has 0 spiro atoms. The topological polar surface area (TPSA) is 59.9 Å². The molecule has 1 atom stereocenters. The van der Waals surface area contributed by atoms with Gasteiger partial charge in [-0.05, 0) is 36.1 Å². The van der Waals surface area contributed by atoms with Crippen molar-refractivity contribution in [1.82, 2.24) is 5.32 Å². The van der Waals surface area contributed by atoms with Crippen LogP contribution in [0.3, 0.4) is 0 Å².